The number of aliphatic hydroxyl groups is 2. The Kier molecular flexibility index (Phi) is 7.21. The molecule has 0 aliphatic carbocycles. The van der Waals surface area contributed by atoms with Crippen molar-refractivity contribution in [2.24, 2.45) is 11.7 Å². The topological polar surface area (TPSA) is 108 Å². The Bertz CT molecular complexity index is 1220. The molecule has 5 N–H and O–H groups in total. The van der Waals surface area contributed by atoms with Crippen LogP contribution in [-0.4, -0.2) is 45.4 Å². The lowest BCUT2D eigenvalue weighted by Crippen LogP contribution is -2.55. The summed E-state index contributed by atoms with van der Waals surface area (Å²) in [5.74, 6) is -2.93. The number of nitrogens with zero attached hydrogens (tertiary/aromatic N) is 3. The molecule has 10 heteroatoms. The Hall–Kier alpha value is -3.21. The SMILES string of the molecule is C[C@H]1CN(c2ccncc2NCc2ccc(F)c(-c3c(F)cc(C(C)(C)O)cc3F)n2)C[C@@H](N)[C@@H]1O. The first-order chi connectivity index (χ1) is 17.0. The van der Waals surface area contributed by atoms with Crippen LogP contribution in [0.1, 0.15) is 32.0 Å². The fraction of sp³-hybridized carbons (Fsp3) is 0.385. The van der Waals surface area contributed by atoms with Crippen molar-refractivity contribution in [2.75, 3.05) is 23.3 Å². The lowest BCUT2D eigenvalue weighted by atomic mass is 9.92. The summed E-state index contributed by atoms with van der Waals surface area (Å²) in [6.07, 6.45) is 2.70. The van der Waals surface area contributed by atoms with Crippen LogP contribution in [0.5, 0.6) is 0 Å². The van der Waals surface area contributed by atoms with E-state index in [1.54, 1.807) is 12.4 Å². The molecule has 0 bridgehead atoms. The van der Waals surface area contributed by atoms with Gasteiger partial charge in [0, 0.05) is 31.2 Å². The van der Waals surface area contributed by atoms with Crippen LogP contribution >= 0.6 is 0 Å². The number of nitrogens with two attached hydrogens (primary N) is 1. The molecule has 2 aromatic heterocycles. The van der Waals surface area contributed by atoms with Gasteiger partial charge in [-0.1, -0.05) is 6.92 Å². The van der Waals surface area contributed by atoms with E-state index >= 15 is 0 Å². The summed E-state index contributed by atoms with van der Waals surface area (Å²) in [6.45, 7) is 5.93. The number of pyridine rings is 2. The molecule has 1 aliphatic heterocycles. The summed E-state index contributed by atoms with van der Waals surface area (Å²) >= 11 is 0. The summed E-state index contributed by atoms with van der Waals surface area (Å²) in [5.41, 5.74) is 5.48. The van der Waals surface area contributed by atoms with Gasteiger partial charge in [0.15, 0.2) is 0 Å². The number of rotatable bonds is 6. The zero-order valence-corrected chi connectivity index (χ0v) is 20.3. The van der Waals surface area contributed by atoms with Crippen molar-refractivity contribution in [3.8, 4) is 11.3 Å². The normalized spacial score (nSPS) is 20.5. The second kappa shape index (κ2) is 10.0. The zero-order valence-electron chi connectivity index (χ0n) is 20.3. The first-order valence-electron chi connectivity index (χ1n) is 11.7. The van der Waals surface area contributed by atoms with Gasteiger partial charge in [-0.15, -0.1) is 0 Å². The molecule has 1 aromatic carbocycles. The highest BCUT2D eigenvalue weighted by Gasteiger charge is 2.31. The Morgan fingerprint density at radius 3 is 2.44 bits per heavy atom. The average molecular weight is 502 g/mol. The van der Waals surface area contributed by atoms with Crippen molar-refractivity contribution in [3.05, 3.63) is 71.4 Å². The molecular formula is C26H30F3N5O2. The number of aromatic nitrogens is 2. The summed E-state index contributed by atoms with van der Waals surface area (Å²) in [6, 6.07) is 5.93. The lowest BCUT2D eigenvalue weighted by molar-refractivity contribution is 0.0778. The van der Waals surface area contributed by atoms with Gasteiger partial charge in [-0.3, -0.25) is 4.98 Å². The third-order valence-electron chi connectivity index (χ3n) is 6.45. The second-order valence-corrected chi connectivity index (χ2v) is 9.79. The van der Waals surface area contributed by atoms with E-state index in [4.69, 9.17) is 5.73 Å². The summed E-state index contributed by atoms with van der Waals surface area (Å²) in [4.78, 5) is 10.4. The van der Waals surface area contributed by atoms with Crippen LogP contribution in [0.4, 0.5) is 24.5 Å². The third kappa shape index (κ3) is 5.30. The van der Waals surface area contributed by atoms with Crippen molar-refractivity contribution < 1.29 is 23.4 Å². The second-order valence-electron chi connectivity index (χ2n) is 9.79. The van der Waals surface area contributed by atoms with E-state index in [0.717, 1.165) is 23.9 Å². The number of hydrogen-bond donors (Lipinski definition) is 4. The number of aliphatic hydroxyl groups excluding tert-OH is 1. The van der Waals surface area contributed by atoms with Crippen molar-refractivity contribution in [1.82, 2.24) is 9.97 Å². The molecule has 3 heterocycles. The third-order valence-corrected chi connectivity index (χ3v) is 6.45. The van der Waals surface area contributed by atoms with E-state index in [9.17, 15) is 23.4 Å². The molecule has 3 aromatic rings. The number of anilines is 2. The van der Waals surface area contributed by atoms with E-state index in [2.05, 4.69) is 20.2 Å². The van der Waals surface area contributed by atoms with Gasteiger partial charge in [0.25, 0.3) is 0 Å². The number of piperidine rings is 1. The average Bonchev–Trinajstić information content (AvgIpc) is 2.81. The minimum atomic E-state index is -1.46. The van der Waals surface area contributed by atoms with E-state index < -0.39 is 46.5 Å². The zero-order chi connectivity index (χ0) is 26.2. The summed E-state index contributed by atoms with van der Waals surface area (Å²) in [5, 5.41) is 23.5. The molecule has 36 heavy (non-hydrogen) atoms. The Balaban J connectivity index is 1.59. The van der Waals surface area contributed by atoms with Gasteiger partial charge in [0.2, 0.25) is 0 Å². The van der Waals surface area contributed by atoms with Gasteiger partial charge in [-0.05, 0) is 49.7 Å². The van der Waals surface area contributed by atoms with Gasteiger partial charge >= 0.3 is 0 Å². The van der Waals surface area contributed by atoms with Crippen molar-refractivity contribution in [3.63, 3.8) is 0 Å². The van der Waals surface area contributed by atoms with E-state index in [0.29, 0.717) is 24.5 Å². The fourth-order valence-corrected chi connectivity index (χ4v) is 4.41. The van der Waals surface area contributed by atoms with Crippen LogP contribution in [0.3, 0.4) is 0 Å². The number of nitrogens with one attached hydrogen (secondary N) is 1. The van der Waals surface area contributed by atoms with Gasteiger partial charge in [-0.2, -0.15) is 0 Å². The van der Waals surface area contributed by atoms with Crippen LogP contribution in [0, 0.1) is 23.4 Å². The predicted molar refractivity (Wildman–Crippen MR) is 132 cm³/mol. The molecule has 192 valence electrons. The highest BCUT2D eigenvalue weighted by atomic mass is 19.1. The first-order valence-corrected chi connectivity index (χ1v) is 11.7. The van der Waals surface area contributed by atoms with Crippen LogP contribution in [-0.2, 0) is 12.1 Å². The molecule has 0 saturated carbocycles. The monoisotopic (exact) mass is 501 g/mol. The maximum absolute atomic E-state index is 14.8. The molecular weight excluding hydrogens is 471 g/mol. The van der Waals surface area contributed by atoms with Crippen LogP contribution in [0.15, 0.2) is 42.7 Å². The fourth-order valence-electron chi connectivity index (χ4n) is 4.41. The van der Waals surface area contributed by atoms with Crippen molar-refractivity contribution in [1.29, 1.82) is 0 Å². The molecule has 0 unspecified atom stereocenters. The smallest absolute Gasteiger partial charge is 0.149 e. The van der Waals surface area contributed by atoms with Crippen LogP contribution < -0.4 is 16.0 Å². The van der Waals surface area contributed by atoms with Gasteiger partial charge < -0.3 is 26.2 Å². The molecule has 0 radical (unpaired) electrons. The van der Waals surface area contributed by atoms with Crippen LogP contribution in [0.2, 0.25) is 0 Å². The molecule has 0 spiro atoms. The number of hydrogen-bond acceptors (Lipinski definition) is 7. The number of halogens is 3. The van der Waals surface area contributed by atoms with Crippen molar-refractivity contribution in [2.45, 2.75) is 45.1 Å². The maximum Gasteiger partial charge on any atom is 0.149 e. The van der Waals surface area contributed by atoms with E-state index in [1.807, 2.05) is 13.0 Å². The van der Waals surface area contributed by atoms with E-state index in [1.165, 1.54) is 19.9 Å². The first kappa shape index (κ1) is 25.9. The Labute approximate surface area is 207 Å². The van der Waals surface area contributed by atoms with Gasteiger partial charge in [0.1, 0.15) is 23.1 Å². The highest BCUT2D eigenvalue weighted by Crippen LogP contribution is 2.32. The largest absolute Gasteiger partial charge is 0.391 e. The van der Waals surface area contributed by atoms with Gasteiger partial charge in [0.05, 0.1) is 47.1 Å². The Morgan fingerprint density at radius 1 is 1.11 bits per heavy atom. The molecule has 1 aliphatic rings. The molecule has 0 amide bonds. The Morgan fingerprint density at radius 2 is 1.81 bits per heavy atom. The maximum atomic E-state index is 14.8. The van der Waals surface area contributed by atoms with E-state index in [-0.39, 0.29) is 18.0 Å². The van der Waals surface area contributed by atoms with Crippen LogP contribution in [0.25, 0.3) is 11.3 Å². The highest BCUT2D eigenvalue weighted by molar-refractivity contribution is 5.69. The van der Waals surface area contributed by atoms with Gasteiger partial charge in [-0.25, -0.2) is 18.2 Å². The predicted octanol–water partition coefficient (Wildman–Crippen LogP) is 3.54. The summed E-state index contributed by atoms with van der Waals surface area (Å²) < 4.78 is 44.3. The molecule has 1 saturated heterocycles. The van der Waals surface area contributed by atoms with Crippen molar-refractivity contribution >= 4 is 11.4 Å². The molecule has 7 nitrogen and oxygen atoms in total. The standard InChI is InChI=1S/C26H30F3N5O2/c1-14-12-34(13-20(30)25(14)35)22-6-7-31-11-21(22)32-10-16-4-5-17(27)24(33-16)23-18(28)8-15(9-19(23)29)26(2,3)36/h4-9,11,14,20,25,32,35-36H,10,12-13,30H2,1-3H3/t14-,20+,25+/m0/s1. The minimum Gasteiger partial charge on any atom is -0.391 e. The molecule has 1 fully saturated rings. The summed E-state index contributed by atoms with van der Waals surface area (Å²) in [7, 11) is 0. The number of benzene rings is 1. The molecule has 3 atom stereocenters. The molecule has 4 rings (SSSR count). The lowest BCUT2D eigenvalue weighted by Gasteiger charge is -2.40. The minimum absolute atomic E-state index is 0.0244. The quantitative estimate of drug-likeness (QED) is 0.409.